The molecular weight excluding hydrogens is 124 g/mol. The minimum atomic E-state index is -0.263. The molecule has 10 heavy (non-hydrogen) atoms. The molecule has 2 rings (SSSR count). The average Bonchev–Trinajstić information content (AvgIpc) is 2.47. The van der Waals surface area contributed by atoms with Crippen molar-refractivity contribution in [3.05, 3.63) is 0 Å². The van der Waals surface area contributed by atoms with Crippen molar-refractivity contribution in [3.8, 4) is 0 Å². The Morgan fingerprint density at radius 1 is 1.10 bits per heavy atom. The lowest BCUT2D eigenvalue weighted by Crippen LogP contribution is -2.06. The summed E-state index contributed by atoms with van der Waals surface area (Å²) in [6.45, 7) is 2.01. The third-order valence-electron chi connectivity index (χ3n) is 3.41. The molecule has 1 heteroatoms. The van der Waals surface area contributed by atoms with Gasteiger partial charge in [0, 0.05) is 0 Å². The first-order chi connectivity index (χ1) is 4.73. The van der Waals surface area contributed by atoms with Crippen LogP contribution in [0.5, 0.6) is 0 Å². The Kier molecular flexibility index (Phi) is 1.31. The highest BCUT2D eigenvalue weighted by Gasteiger charge is 2.59. The van der Waals surface area contributed by atoms with Crippen LogP contribution < -0.4 is 0 Å². The number of rotatable bonds is 0. The Hall–Kier alpha value is -0.0400. The molecule has 0 aromatic carbocycles. The lowest BCUT2D eigenvalue weighted by Gasteiger charge is -2.04. The zero-order chi connectivity index (χ0) is 7.19. The summed E-state index contributed by atoms with van der Waals surface area (Å²) in [6, 6.07) is 0. The first kappa shape index (κ1) is 6.66. The molecule has 2 unspecified atom stereocenters. The van der Waals surface area contributed by atoms with E-state index in [0.717, 1.165) is 0 Å². The summed E-state index contributed by atoms with van der Waals surface area (Å²) in [5.74, 6) is 1.32. The Balaban J connectivity index is 2.01. The minimum absolute atomic E-state index is 0.263. The van der Waals surface area contributed by atoms with E-state index in [9.17, 15) is 5.11 Å². The molecule has 2 fully saturated rings. The van der Waals surface area contributed by atoms with Crippen LogP contribution in [0.4, 0.5) is 0 Å². The van der Waals surface area contributed by atoms with Gasteiger partial charge in [0.25, 0.3) is 0 Å². The van der Waals surface area contributed by atoms with Crippen LogP contribution in [0.2, 0.25) is 0 Å². The molecule has 2 aliphatic carbocycles. The van der Waals surface area contributed by atoms with Gasteiger partial charge in [0.15, 0.2) is 0 Å². The topological polar surface area (TPSA) is 20.2 Å². The van der Waals surface area contributed by atoms with Gasteiger partial charge < -0.3 is 5.11 Å². The van der Waals surface area contributed by atoms with Gasteiger partial charge in [0.2, 0.25) is 0 Å². The Morgan fingerprint density at radius 3 is 2.10 bits per heavy atom. The maximum absolute atomic E-state index is 9.72. The van der Waals surface area contributed by atoms with E-state index in [1.165, 1.54) is 32.1 Å². The van der Waals surface area contributed by atoms with Crippen LogP contribution in [0.25, 0.3) is 0 Å². The quantitative estimate of drug-likeness (QED) is 0.545. The average molecular weight is 140 g/mol. The monoisotopic (exact) mass is 140 g/mol. The molecule has 0 amide bonds. The highest BCUT2D eigenvalue weighted by molar-refractivity contribution is 5.09. The second kappa shape index (κ2) is 1.97. The van der Waals surface area contributed by atoms with Crippen molar-refractivity contribution >= 4 is 0 Å². The van der Waals surface area contributed by atoms with Gasteiger partial charge in [-0.05, 0) is 31.6 Å². The van der Waals surface area contributed by atoms with Gasteiger partial charge in [-0.3, -0.25) is 0 Å². The molecule has 1 N–H and O–H groups in total. The van der Waals surface area contributed by atoms with Crippen LogP contribution in [0.1, 0.15) is 39.0 Å². The van der Waals surface area contributed by atoms with Crippen molar-refractivity contribution in [3.63, 3.8) is 0 Å². The van der Waals surface area contributed by atoms with E-state index in [1.54, 1.807) is 0 Å². The first-order valence-electron chi connectivity index (χ1n) is 4.45. The van der Waals surface area contributed by atoms with E-state index in [4.69, 9.17) is 0 Å². The summed E-state index contributed by atoms with van der Waals surface area (Å²) >= 11 is 0. The van der Waals surface area contributed by atoms with E-state index < -0.39 is 0 Å². The van der Waals surface area contributed by atoms with E-state index in [-0.39, 0.29) is 5.60 Å². The molecule has 1 nitrogen and oxygen atoms in total. The third-order valence-corrected chi connectivity index (χ3v) is 3.41. The van der Waals surface area contributed by atoms with Crippen LogP contribution in [-0.4, -0.2) is 10.7 Å². The van der Waals surface area contributed by atoms with Crippen LogP contribution in [0.3, 0.4) is 0 Å². The van der Waals surface area contributed by atoms with E-state index >= 15 is 0 Å². The molecule has 2 aliphatic rings. The van der Waals surface area contributed by atoms with Crippen molar-refractivity contribution < 1.29 is 5.11 Å². The summed E-state index contributed by atoms with van der Waals surface area (Å²) in [5.41, 5.74) is -0.263. The fraction of sp³-hybridized carbons (Fsp3) is 1.00. The number of hydrogen-bond acceptors (Lipinski definition) is 1. The van der Waals surface area contributed by atoms with Crippen molar-refractivity contribution in [1.29, 1.82) is 0 Å². The zero-order valence-electron chi connectivity index (χ0n) is 6.64. The summed E-state index contributed by atoms with van der Waals surface area (Å²) in [4.78, 5) is 0. The normalized spacial score (nSPS) is 53.4. The summed E-state index contributed by atoms with van der Waals surface area (Å²) in [6.07, 6.45) is 6.63. The third kappa shape index (κ3) is 0.800. The van der Waals surface area contributed by atoms with Crippen molar-refractivity contribution in [1.82, 2.24) is 0 Å². The van der Waals surface area contributed by atoms with E-state index in [0.29, 0.717) is 11.8 Å². The molecule has 0 aromatic rings. The fourth-order valence-electron chi connectivity index (χ4n) is 2.57. The molecule has 0 aliphatic heterocycles. The highest BCUT2D eigenvalue weighted by Crippen LogP contribution is 2.56. The van der Waals surface area contributed by atoms with Crippen LogP contribution >= 0.6 is 0 Å². The smallest absolute Gasteiger partial charge is 0.0683 e. The molecule has 0 saturated heterocycles. The van der Waals surface area contributed by atoms with Crippen molar-refractivity contribution in [2.45, 2.75) is 44.6 Å². The summed E-state index contributed by atoms with van der Waals surface area (Å²) < 4.78 is 0. The summed E-state index contributed by atoms with van der Waals surface area (Å²) in [5, 5.41) is 9.72. The lowest BCUT2D eigenvalue weighted by molar-refractivity contribution is 0.132. The van der Waals surface area contributed by atoms with Crippen LogP contribution in [0.15, 0.2) is 0 Å². The molecule has 2 atom stereocenters. The van der Waals surface area contributed by atoms with E-state index in [1.807, 2.05) is 6.92 Å². The molecule has 0 bridgehead atoms. The molecule has 0 heterocycles. The maximum atomic E-state index is 9.72. The maximum Gasteiger partial charge on any atom is 0.0683 e. The second-order valence-electron chi connectivity index (χ2n) is 4.08. The Bertz CT molecular complexity index is 126. The summed E-state index contributed by atoms with van der Waals surface area (Å²) in [7, 11) is 0. The van der Waals surface area contributed by atoms with Crippen molar-refractivity contribution in [2.24, 2.45) is 11.8 Å². The van der Waals surface area contributed by atoms with Gasteiger partial charge in [0.05, 0.1) is 5.60 Å². The molecule has 58 valence electrons. The number of hydrogen-bond donors (Lipinski definition) is 1. The largest absolute Gasteiger partial charge is 0.390 e. The molecule has 0 spiro atoms. The molecular formula is C9H16O. The molecule has 0 aromatic heterocycles. The van der Waals surface area contributed by atoms with Crippen LogP contribution in [0, 0.1) is 11.8 Å². The minimum Gasteiger partial charge on any atom is -0.390 e. The molecule has 2 saturated carbocycles. The van der Waals surface area contributed by atoms with Gasteiger partial charge in [-0.25, -0.2) is 0 Å². The fourth-order valence-corrected chi connectivity index (χ4v) is 2.57. The van der Waals surface area contributed by atoms with Crippen LogP contribution in [-0.2, 0) is 0 Å². The Morgan fingerprint density at radius 2 is 1.60 bits per heavy atom. The molecule has 0 radical (unpaired) electrons. The number of aliphatic hydroxyl groups is 1. The predicted molar refractivity (Wildman–Crippen MR) is 40.7 cm³/mol. The van der Waals surface area contributed by atoms with Gasteiger partial charge in [-0.2, -0.15) is 0 Å². The Labute approximate surface area is 62.4 Å². The van der Waals surface area contributed by atoms with Crippen molar-refractivity contribution in [2.75, 3.05) is 0 Å². The van der Waals surface area contributed by atoms with Gasteiger partial charge in [-0.1, -0.05) is 19.3 Å². The lowest BCUT2D eigenvalue weighted by atomic mass is 10.1. The number of fused-ring (bicyclic) bond motifs is 1. The SMILES string of the molecule is CC1(O)C2CCCCCC21. The highest BCUT2D eigenvalue weighted by atomic mass is 16.3. The second-order valence-corrected chi connectivity index (χ2v) is 4.08. The predicted octanol–water partition coefficient (Wildman–Crippen LogP) is 1.95. The first-order valence-corrected chi connectivity index (χ1v) is 4.45. The zero-order valence-corrected chi connectivity index (χ0v) is 6.64. The van der Waals surface area contributed by atoms with Gasteiger partial charge in [-0.15, -0.1) is 0 Å². The van der Waals surface area contributed by atoms with E-state index in [2.05, 4.69) is 0 Å². The van der Waals surface area contributed by atoms with Gasteiger partial charge >= 0.3 is 0 Å². The van der Waals surface area contributed by atoms with Gasteiger partial charge in [0.1, 0.15) is 0 Å². The standard InChI is InChI=1S/C9H16O/c1-9(10)7-5-3-2-4-6-8(7)9/h7-8,10H,2-6H2,1H3.